The smallest absolute Gasteiger partial charge is 0.239 e. The van der Waals surface area contributed by atoms with E-state index in [0.717, 1.165) is 32.5 Å². The van der Waals surface area contributed by atoms with Gasteiger partial charge in [0.25, 0.3) is 0 Å². The zero-order valence-corrected chi connectivity index (χ0v) is 14.4. The minimum Gasteiger partial charge on any atom is -0.352 e. The first kappa shape index (κ1) is 21.2. The molecule has 0 aromatic carbocycles. The van der Waals surface area contributed by atoms with Gasteiger partial charge in [0.2, 0.25) is 11.8 Å². The lowest BCUT2D eigenvalue weighted by Gasteiger charge is -2.35. The van der Waals surface area contributed by atoms with Crippen LogP contribution in [0.3, 0.4) is 0 Å². The number of nitrogens with one attached hydrogen (secondary N) is 2. The molecule has 8 heteroatoms. The van der Waals surface area contributed by atoms with E-state index in [1.807, 2.05) is 4.90 Å². The van der Waals surface area contributed by atoms with Crippen LogP contribution in [0, 0.1) is 0 Å². The molecule has 2 saturated heterocycles. The number of carbonyl (C=O) groups is 2. The van der Waals surface area contributed by atoms with Crippen LogP contribution in [0.25, 0.3) is 0 Å². The maximum Gasteiger partial charge on any atom is 0.239 e. The van der Waals surface area contributed by atoms with E-state index in [0.29, 0.717) is 26.2 Å². The zero-order valence-electron chi connectivity index (χ0n) is 12.8. The van der Waals surface area contributed by atoms with Crippen LogP contribution >= 0.6 is 24.8 Å². The molecule has 0 saturated carbocycles. The van der Waals surface area contributed by atoms with Gasteiger partial charge in [-0.1, -0.05) is 6.08 Å². The maximum atomic E-state index is 12.2. The van der Waals surface area contributed by atoms with Crippen molar-refractivity contribution in [2.24, 2.45) is 0 Å². The Hall–Kier alpha value is -0.820. The third-order valence-electron chi connectivity index (χ3n) is 3.85. The van der Waals surface area contributed by atoms with Crippen molar-refractivity contribution in [3.63, 3.8) is 0 Å². The highest BCUT2D eigenvalue weighted by Gasteiger charge is 2.29. The first-order valence-electron chi connectivity index (χ1n) is 7.33. The molecule has 0 spiro atoms. The molecule has 2 heterocycles. The molecule has 128 valence electrons. The SMILES string of the molecule is C=CCNC(=O)CN1CCN(C(=O)[C@@H]2CCCN2)CC1.Cl.Cl. The minimum atomic E-state index is 0. The first-order valence-corrected chi connectivity index (χ1v) is 7.33. The quantitative estimate of drug-likeness (QED) is 0.685. The summed E-state index contributed by atoms with van der Waals surface area (Å²) < 4.78 is 0. The fraction of sp³-hybridized carbons (Fsp3) is 0.714. The van der Waals surface area contributed by atoms with Crippen LogP contribution in [-0.2, 0) is 9.59 Å². The molecule has 2 aliphatic rings. The van der Waals surface area contributed by atoms with Crippen molar-refractivity contribution in [2.45, 2.75) is 18.9 Å². The van der Waals surface area contributed by atoms with Crippen molar-refractivity contribution >= 4 is 36.6 Å². The number of piperazine rings is 1. The van der Waals surface area contributed by atoms with Gasteiger partial charge in [-0.2, -0.15) is 0 Å². The van der Waals surface area contributed by atoms with Gasteiger partial charge in [-0.15, -0.1) is 31.4 Å². The third kappa shape index (κ3) is 6.12. The van der Waals surface area contributed by atoms with Crippen molar-refractivity contribution in [2.75, 3.05) is 45.8 Å². The van der Waals surface area contributed by atoms with Crippen LogP contribution in [0.15, 0.2) is 12.7 Å². The average Bonchev–Trinajstić information content (AvgIpc) is 2.99. The monoisotopic (exact) mass is 352 g/mol. The summed E-state index contributed by atoms with van der Waals surface area (Å²) in [7, 11) is 0. The molecule has 2 aliphatic heterocycles. The Kier molecular flexibility index (Phi) is 10.4. The summed E-state index contributed by atoms with van der Waals surface area (Å²) in [5, 5.41) is 6.01. The summed E-state index contributed by atoms with van der Waals surface area (Å²) in [6.45, 7) is 8.37. The van der Waals surface area contributed by atoms with Crippen molar-refractivity contribution in [3.05, 3.63) is 12.7 Å². The van der Waals surface area contributed by atoms with Crippen LogP contribution in [0.4, 0.5) is 0 Å². The van der Waals surface area contributed by atoms with Gasteiger partial charge >= 0.3 is 0 Å². The zero-order chi connectivity index (χ0) is 14.4. The van der Waals surface area contributed by atoms with Crippen LogP contribution < -0.4 is 10.6 Å². The van der Waals surface area contributed by atoms with Crippen LogP contribution in [0.2, 0.25) is 0 Å². The number of halogens is 2. The summed E-state index contributed by atoms with van der Waals surface area (Å²) >= 11 is 0. The number of hydrogen-bond donors (Lipinski definition) is 2. The van der Waals surface area contributed by atoms with Gasteiger partial charge in [-0.25, -0.2) is 0 Å². The number of nitrogens with zero attached hydrogens (tertiary/aromatic N) is 2. The second kappa shape index (κ2) is 10.8. The van der Waals surface area contributed by atoms with Gasteiger partial charge in [-0.3, -0.25) is 14.5 Å². The standard InChI is InChI=1S/C14H24N4O2.2ClH/c1-2-5-16-13(19)11-17-7-9-18(10-8-17)14(20)12-4-3-6-15-12;;/h2,12,15H,1,3-11H2,(H,16,19);2*1H/t12-;;/m0../s1. The fourth-order valence-electron chi connectivity index (χ4n) is 2.69. The third-order valence-corrected chi connectivity index (χ3v) is 3.85. The van der Waals surface area contributed by atoms with Crippen LogP contribution in [-0.4, -0.2) is 73.5 Å². The molecule has 2 fully saturated rings. The van der Waals surface area contributed by atoms with E-state index in [-0.39, 0.29) is 42.7 Å². The fourth-order valence-corrected chi connectivity index (χ4v) is 2.69. The molecule has 2 N–H and O–H groups in total. The maximum absolute atomic E-state index is 12.2. The molecule has 0 bridgehead atoms. The van der Waals surface area contributed by atoms with E-state index in [1.165, 1.54) is 0 Å². The van der Waals surface area contributed by atoms with Gasteiger partial charge in [0.05, 0.1) is 12.6 Å². The number of amides is 2. The van der Waals surface area contributed by atoms with Crippen molar-refractivity contribution < 1.29 is 9.59 Å². The van der Waals surface area contributed by atoms with Gasteiger partial charge in [0.15, 0.2) is 0 Å². The Bertz CT molecular complexity index is 368. The lowest BCUT2D eigenvalue weighted by Crippen LogP contribution is -2.54. The molecular weight excluding hydrogens is 327 g/mol. The van der Waals surface area contributed by atoms with E-state index < -0.39 is 0 Å². The molecule has 0 aromatic rings. The molecule has 0 radical (unpaired) electrons. The predicted molar refractivity (Wildman–Crippen MR) is 91.7 cm³/mol. The van der Waals surface area contributed by atoms with Gasteiger partial charge in [0, 0.05) is 32.7 Å². The van der Waals surface area contributed by atoms with E-state index in [4.69, 9.17) is 0 Å². The molecule has 0 unspecified atom stereocenters. The second-order valence-electron chi connectivity index (χ2n) is 5.34. The lowest BCUT2D eigenvalue weighted by atomic mass is 10.2. The second-order valence-corrected chi connectivity index (χ2v) is 5.34. The molecule has 6 nitrogen and oxygen atoms in total. The van der Waals surface area contributed by atoms with Gasteiger partial charge in [-0.05, 0) is 19.4 Å². The molecule has 0 aliphatic carbocycles. The highest BCUT2D eigenvalue weighted by atomic mass is 35.5. The molecule has 2 amide bonds. The number of hydrogen-bond acceptors (Lipinski definition) is 4. The van der Waals surface area contributed by atoms with E-state index in [2.05, 4.69) is 22.1 Å². The summed E-state index contributed by atoms with van der Waals surface area (Å²) in [5.74, 6) is 0.236. The Morgan fingerprint density at radius 3 is 2.45 bits per heavy atom. The Morgan fingerprint density at radius 2 is 1.91 bits per heavy atom. The molecular formula is C14H26Cl2N4O2. The van der Waals surface area contributed by atoms with E-state index in [9.17, 15) is 9.59 Å². The lowest BCUT2D eigenvalue weighted by molar-refractivity contribution is -0.135. The van der Waals surface area contributed by atoms with Crippen LogP contribution in [0.5, 0.6) is 0 Å². The number of carbonyl (C=O) groups excluding carboxylic acids is 2. The topological polar surface area (TPSA) is 64.7 Å². The van der Waals surface area contributed by atoms with Gasteiger partial charge in [0.1, 0.15) is 0 Å². The summed E-state index contributed by atoms with van der Waals surface area (Å²) in [6, 6.07) is 0.0115. The number of rotatable bonds is 5. The van der Waals surface area contributed by atoms with Crippen LogP contribution in [0.1, 0.15) is 12.8 Å². The average molecular weight is 353 g/mol. The summed E-state index contributed by atoms with van der Waals surface area (Å²) in [5.41, 5.74) is 0. The summed E-state index contributed by atoms with van der Waals surface area (Å²) in [6.07, 6.45) is 3.70. The first-order chi connectivity index (χ1) is 9.70. The molecule has 1 atom stereocenters. The Labute approximate surface area is 144 Å². The molecule has 2 rings (SSSR count). The highest BCUT2D eigenvalue weighted by Crippen LogP contribution is 2.10. The van der Waals surface area contributed by atoms with Crippen molar-refractivity contribution in [3.8, 4) is 0 Å². The van der Waals surface area contributed by atoms with Crippen molar-refractivity contribution in [1.82, 2.24) is 20.4 Å². The predicted octanol–water partition coefficient (Wildman–Crippen LogP) is 0.0284. The Morgan fingerprint density at radius 1 is 1.23 bits per heavy atom. The highest BCUT2D eigenvalue weighted by molar-refractivity contribution is 5.85. The van der Waals surface area contributed by atoms with Crippen molar-refractivity contribution in [1.29, 1.82) is 0 Å². The molecule has 22 heavy (non-hydrogen) atoms. The van der Waals surface area contributed by atoms with Gasteiger partial charge < -0.3 is 15.5 Å². The largest absolute Gasteiger partial charge is 0.352 e. The molecule has 0 aromatic heterocycles. The minimum absolute atomic E-state index is 0. The normalized spacial score (nSPS) is 21.5. The Balaban J connectivity index is 0.00000220. The summed E-state index contributed by atoms with van der Waals surface area (Å²) in [4.78, 5) is 27.8. The van der Waals surface area contributed by atoms with E-state index in [1.54, 1.807) is 6.08 Å². The van der Waals surface area contributed by atoms with E-state index >= 15 is 0 Å².